The molecule has 0 saturated heterocycles. The van der Waals surface area contributed by atoms with E-state index >= 15 is 0 Å². The third-order valence-corrected chi connectivity index (χ3v) is 7.03. The monoisotopic (exact) mass is 456 g/mol. The van der Waals surface area contributed by atoms with Crippen LogP contribution >= 0.6 is 11.3 Å². The number of fused-ring (bicyclic) bond motifs is 1. The van der Waals surface area contributed by atoms with Crippen molar-refractivity contribution in [3.8, 4) is 11.1 Å². The molecule has 172 valence electrons. The lowest BCUT2D eigenvalue weighted by molar-refractivity contribution is 0.638. The Bertz CT molecular complexity index is 1230. The van der Waals surface area contributed by atoms with Crippen LogP contribution in [0.5, 0.6) is 0 Å². The zero-order chi connectivity index (χ0) is 23.7. The minimum atomic E-state index is 0.606. The zero-order valence-electron chi connectivity index (χ0n) is 21.0. The Morgan fingerprint density at radius 1 is 0.818 bits per heavy atom. The Hall–Kier alpha value is -2.65. The van der Waals surface area contributed by atoms with Gasteiger partial charge in [-0.15, -0.1) is 0 Å². The first-order valence-corrected chi connectivity index (χ1v) is 12.9. The lowest BCUT2D eigenvalue weighted by Crippen LogP contribution is -2.05. The van der Waals surface area contributed by atoms with Crippen LogP contribution in [0.3, 0.4) is 0 Å². The summed E-state index contributed by atoms with van der Waals surface area (Å²) in [5, 5.41) is 4.74. The third-order valence-electron chi connectivity index (χ3n) is 6.09. The molecule has 0 aliphatic rings. The highest BCUT2D eigenvalue weighted by Crippen LogP contribution is 2.39. The molecule has 0 bridgehead atoms. The number of hydrogen-bond donors (Lipinski definition) is 1. The molecule has 3 heteroatoms. The quantitative estimate of drug-likeness (QED) is 0.300. The van der Waals surface area contributed by atoms with Crippen molar-refractivity contribution in [3.63, 3.8) is 0 Å². The van der Waals surface area contributed by atoms with Crippen LogP contribution in [-0.2, 0) is 12.8 Å². The first kappa shape index (κ1) is 23.5. The van der Waals surface area contributed by atoms with E-state index in [9.17, 15) is 0 Å². The van der Waals surface area contributed by atoms with Gasteiger partial charge in [0.05, 0.1) is 10.2 Å². The van der Waals surface area contributed by atoms with Crippen molar-refractivity contribution in [1.82, 2.24) is 4.98 Å². The topological polar surface area (TPSA) is 24.9 Å². The minimum absolute atomic E-state index is 0.606. The van der Waals surface area contributed by atoms with E-state index in [2.05, 4.69) is 102 Å². The summed E-state index contributed by atoms with van der Waals surface area (Å²) in [4.78, 5) is 5.14. The van der Waals surface area contributed by atoms with Gasteiger partial charge in [0.15, 0.2) is 5.13 Å². The van der Waals surface area contributed by atoms with Crippen molar-refractivity contribution in [3.05, 3.63) is 76.3 Å². The van der Waals surface area contributed by atoms with Gasteiger partial charge in [0, 0.05) is 11.3 Å². The Morgan fingerprint density at radius 2 is 1.39 bits per heavy atom. The number of aryl methyl sites for hydroxylation is 3. The summed E-state index contributed by atoms with van der Waals surface area (Å²) in [5.41, 5.74) is 11.6. The highest BCUT2D eigenvalue weighted by atomic mass is 32.1. The van der Waals surface area contributed by atoms with Crippen molar-refractivity contribution in [2.75, 3.05) is 5.32 Å². The minimum Gasteiger partial charge on any atom is -0.331 e. The van der Waals surface area contributed by atoms with E-state index in [0.29, 0.717) is 11.8 Å². The second-order valence-corrected chi connectivity index (χ2v) is 11.2. The van der Waals surface area contributed by atoms with E-state index in [4.69, 9.17) is 4.98 Å². The van der Waals surface area contributed by atoms with Crippen molar-refractivity contribution in [1.29, 1.82) is 0 Å². The molecule has 4 aromatic rings. The van der Waals surface area contributed by atoms with Gasteiger partial charge in [0.25, 0.3) is 0 Å². The van der Waals surface area contributed by atoms with Crippen LogP contribution in [0.4, 0.5) is 10.8 Å². The maximum Gasteiger partial charge on any atom is 0.188 e. The second kappa shape index (κ2) is 9.69. The molecule has 0 radical (unpaired) electrons. The highest BCUT2D eigenvalue weighted by Gasteiger charge is 2.16. The molecule has 0 spiro atoms. The fraction of sp³-hybridized carbons (Fsp3) is 0.367. The summed E-state index contributed by atoms with van der Waals surface area (Å²) in [6.07, 6.45) is 2.12. The average Bonchev–Trinajstić information content (AvgIpc) is 3.12. The molecule has 3 aromatic carbocycles. The number of para-hydroxylation sites is 2. The van der Waals surface area contributed by atoms with Gasteiger partial charge in [0.2, 0.25) is 0 Å². The summed E-state index contributed by atoms with van der Waals surface area (Å²) in [6, 6.07) is 17.9. The van der Waals surface area contributed by atoms with Gasteiger partial charge in [-0.05, 0) is 79.3 Å². The summed E-state index contributed by atoms with van der Waals surface area (Å²) in [6.45, 7) is 15.7. The Balaban J connectivity index is 1.80. The first-order valence-electron chi connectivity index (χ1n) is 12.1. The molecule has 0 saturated carbocycles. The van der Waals surface area contributed by atoms with Gasteiger partial charge in [-0.3, -0.25) is 0 Å². The standard InChI is InChI=1S/C30H36N2S/c1-18(2)14-23-10-8-11-24(15-19(3)4)28(23)31-30-32-29-25(12-9-13-26(29)33-30)27-21(6)16-20(5)17-22(27)7/h8-13,16-19H,14-15H2,1-7H3,(H,31,32). The molecular weight excluding hydrogens is 420 g/mol. The van der Waals surface area contributed by atoms with E-state index in [-0.39, 0.29) is 0 Å². The van der Waals surface area contributed by atoms with Crippen LogP contribution in [0.25, 0.3) is 21.3 Å². The fourth-order valence-electron chi connectivity index (χ4n) is 4.95. The number of anilines is 2. The van der Waals surface area contributed by atoms with Crippen LogP contribution < -0.4 is 5.32 Å². The lowest BCUT2D eigenvalue weighted by atomic mass is 9.93. The Labute approximate surface area is 203 Å². The molecule has 0 fully saturated rings. The Morgan fingerprint density at radius 3 is 1.97 bits per heavy atom. The molecule has 0 amide bonds. The smallest absolute Gasteiger partial charge is 0.188 e. The van der Waals surface area contributed by atoms with Gasteiger partial charge < -0.3 is 5.32 Å². The molecule has 0 aliphatic heterocycles. The molecule has 0 atom stereocenters. The van der Waals surface area contributed by atoms with Crippen molar-refractivity contribution in [2.45, 2.75) is 61.3 Å². The maximum atomic E-state index is 5.14. The molecule has 0 aliphatic carbocycles. The van der Waals surface area contributed by atoms with Crippen LogP contribution in [0.1, 0.15) is 55.5 Å². The van der Waals surface area contributed by atoms with E-state index in [1.54, 1.807) is 11.3 Å². The average molecular weight is 457 g/mol. The number of nitrogens with one attached hydrogen (secondary N) is 1. The van der Waals surface area contributed by atoms with Gasteiger partial charge in [-0.25, -0.2) is 4.98 Å². The van der Waals surface area contributed by atoms with Crippen molar-refractivity contribution in [2.24, 2.45) is 11.8 Å². The van der Waals surface area contributed by atoms with Gasteiger partial charge in [0.1, 0.15) is 0 Å². The normalized spacial score (nSPS) is 11.7. The first-order chi connectivity index (χ1) is 15.7. The van der Waals surface area contributed by atoms with Crippen LogP contribution in [0.15, 0.2) is 48.5 Å². The number of hydrogen-bond acceptors (Lipinski definition) is 3. The number of benzene rings is 3. The molecule has 1 N–H and O–H groups in total. The number of rotatable bonds is 7. The van der Waals surface area contributed by atoms with Gasteiger partial charge >= 0.3 is 0 Å². The fourth-order valence-corrected chi connectivity index (χ4v) is 5.85. The van der Waals surface area contributed by atoms with E-state index in [1.165, 1.54) is 49.3 Å². The molecule has 2 nitrogen and oxygen atoms in total. The third kappa shape index (κ3) is 5.14. The maximum absolute atomic E-state index is 5.14. The van der Waals surface area contributed by atoms with Crippen LogP contribution in [0.2, 0.25) is 0 Å². The number of thiazole rings is 1. The predicted molar refractivity (Wildman–Crippen MR) is 146 cm³/mol. The number of nitrogens with zero attached hydrogens (tertiary/aromatic N) is 1. The molecule has 33 heavy (non-hydrogen) atoms. The largest absolute Gasteiger partial charge is 0.331 e. The molecular formula is C30H36N2S. The summed E-state index contributed by atoms with van der Waals surface area (Å²) in [5.74, 6) is 1.21. The van der Waals surface area contributed by atoms with E-state index in [1.807, 2.05) is 0 Å². The SMILES string of the molecule is Cc1cc(C)c(-c2cccc3sc(Nc4c(CC(C)C)cccc4CC(C)C)nc23)c(C)c1. The summed E-state index contributed by atoms with van der Waals surface area (Å²) in [7, 11) is 0. The van der Waals surface area contributed by atoms with Crippen molar-refractivity contribution >= 4 is 32.4 Å². The number of aromatic nitrogens is 1. The molecule has 1 aromatic heterocycles. The van der Waals surface area contributed by atoms with E-state index < -0.39 is 0 Å². The molecule has 1 heterocycles. The summed E-state index contributed by atoms with van der Waals surface area (Å²) >= 11 is 1.75. The second-order valence-electron chi connectivity index (χ2n) is 10.2. The van der Waals surface area contributed by atoms with Crippen LogP contribution in [-0.4, -0.2) is 4.98 Å². The lowest BCUT2D eigenvalue weighted by Gasteiger charge is -2.18. The van der Waals surface area contributed by atoms with E-state index in [0.717, 1.165) is 23.5 Å². The zero-order valence-corrected chi connectivity index (χ0v) is 21.9. The highest BCUT2D eigenvalue weighted by molar-refractivity contribution is 7.22. The van der Waals surface area contributed by atoms with Crippen molar-refractivity contribution < 1.29 is 0 Å². The Kier molecular flexibility index (Phi) is 6.90. The summed E-state index contributed by atoms with van der Waals surface area (Å²) < 4.78 is 1.22. The van der Waals surface area contributed by atoms with Gasteiger partial charge in [-0.2, -0.15) is 0 Å². The predicted octanol–water partition coefficient (Wildman–Crippen LogP) is 9.03. The molecule has 0 unspecified atom stereocenters. The molecule has 4 rings (SSSR count). The van der Waals surface area contributed by atoms with Gasteiger partial charge in [-0.1, -0.05) is 87.1 Å². The van der Waals surface area contributed by atoms with Crippen LogP contribution in [0, 0.1) is 32.6 Å².